The molecule has 1 amide bonds. The van der Waals surface area contributed by atoms with Gasteiger partial charge in [-0.3, -0.25) is 19.9 Å². The lowest BCUT2D eigenvalue weighted by Gasteiger charge is -2.15. The first kappa shape index (κ1) is 19.3. The van der Waals surface area contributed by atoms with Crippen LogP contribution in [0.1, 0.15) is 35.4 Å². The third-order valence-corrected chi connectivity index (χ3v) is 3.85. The molecule has 0 saturated carbocycles. The summed E-state index contributed by atoms with van der Waals surface area (Å²) in [5.41, 5.74) is 1.24. The summed E-state index contributed by atoms with van der Waals surface area (Å²) in [7, 11) is 1.84. The molecule has 0 radical (unpaired) electrons. The first-order valence-corrected chi connectivity index (χ1v) is 8.41. The quantitative estimate of drug-likeness (QED) is 0.361. The second kappa shape index (κ2) is 9.47. The SMILES string of the molecule is CNCCCNC(=O)c1ccc(NC(C)c2ccccn2)c([N+](=O)[O-])c1. The summed E-state index contributed by atoms with van der Waals surface area (Å²) in [6.45, 7) is 3.16. The van der Waals surface area contributed by atoms with Gasteiger partial charge in [0.05, 0.1) is 16.7 Å². The Balaban J connectivity index is 2.13. The molecular formula is C18H23N5O3. The Morgan fingerprint density at radius 1 is 1.27 bits per heavy atom. The van der Waals surface area contributed by atoms with Crippen molar-refractivity contribution < 1.29 is 9.72 Å². The van der Waals surface area contributed by atoms with Crippen LogP contribution in [0.4, 0.5) is 11.4 Å². The molecule has 0 aliphatic rings. The summed E-state index contributed by atoms with van der Waals surface area (Å²) in [6.07, 6.45) is 2.45. The van der Waals surface area contributed by atoms with Crippen LogP contribution < -0.4 is 16.0 Å². The zero-order chi connectivity index (χ0) is 18.9. The van der Waals surface area contributed by atoms with Gasteiger partial charge in [-0.2, -0.15) is 0 Å². The number of nitro groups is 1. The van der Waals surface area contributed by atoms with Gasteiger partial charge in [-0.05, 0) is 51.2 Å². The molecular weight excluding hydrogens is 334 g/mol. The van der Waals surface area contributed by atoms with Gasteiger partial charge < -0.3 is 16.0 Å². The third-order valence-electron chi connectivity index (χ3n) is 3.85. The molecule has 1 atom stereocenters. The van der Waals surface area contributed by atoms with Gasteiger partial charge in [-0.1, -0.05) is 6.07 Å². The lowest BCUT2D eigenvalue weighted by Crippen LogP contribution is -2.26. The Bertz CT molecular complexity index is 752. The maximum atomic E-state index is 12.2. The molecule has 1 aromatic heterocycles. The zero-order valence-corrected chi connectivity index (χ0v) is 14.9. The van der Waals surface area contributed by atoms with Gasteiger partial charge in [0.1, 0.15) is 5.69 Å². The number of amides is 1. The van der Waals surface area contributed by atoms with Crippen LogP contribution in [-0.2, 0) is 0 Å². The minimum absolute atomic E-state index is 0.143. The van der Waals surface area contributed by atoms with E-state index in [0.29, 0.717) is 12.2 Å². The van der Waals surface area contributed by atoms with Crippen molar-refractivity contribution in [1.29, 1.82) is 0 Å². The molecule has 2 aromatic rings. The van der Waals surface area contributed by atoms with Crippen molar-refractivity contribution in [3.05, 3.63) is 64.0 Å². The average molecular weight is 357 g/mol. The van der Waals surface area contributed by atoms with Crippen molar-refractivity contribution >= 4 is 17.3 Å². The molecule has 0 bridgehead atoms. The number of nitro benzene ring substituents is 1. The standard InChI is InChI=1S/C18H23N5O3/c1-13(15-6-3-4-10-20-15)22-16-8-7-14(12-17(16)23(25)26)18(24)21-11-5-9-19-2/h3-4,6-8,10,12-13,19,22H,5,9,11H2,1-2H3,(H,21,24). The molecule has 1 heterocycles. The Morgan fingerprint density at radius 3 is 2.73 bits per heavy atom. The number of carbonyl (C=O) groups excluding carboxylic acids is 1. The van der Waals surface area contributed by atoms with Crippen molar-refractivity contribution in [3.8, 4) is 0 Å². The number of carbonyl (C=O) groups is 1. The summed E-state index contributed by atoms with van der Waals surface area (Å²) in [5.74, 6) is -0.325. The monoisotopic (exact) mass is 357 g/mol. The van der Waals surface area contributed by atoms with Gasteiger partial charge in [0.2, 0.25) is 0 Å². The van der Waals surface area contributed by atoms with Crippen LogP contribution in [0.15, 0.2) is 42.6 Å². The highest BCUT2D eigenvalue weighted by molar-refractivity contribution is 5.95. The molecule has 0 spiro atoms. The number of nitrogens with one attached hydrogen (secondary N) is 3. The number of rotatable bonds is 9. The highest BCUT2D eigenvalue weighted by Gasteiger charge is 2.19. The van der Waals surface area contributed by atoms with Gasteiger partial charge in [-0.15, -0.1) is 0 Å². The summed E-state index contributed by atoms with van der Waals surface area (Å²) >= 11 is 0. The summed E-state index contributed by atoms with van der Waals surface area (Å²) in [5, 5.41) is 20.3. The maximum absolute atomic E-state index is 12.2. The van der Waals surface area contributed by atoms with Crippen molar-refractivity contribution in [2.24, 2.45) is 0 Å². The van der Waals surface area contributed by atoms with E-state index >= 15 is 0 Å². The van der Waals surface area contributed by atoms with E-state index in [1.54, 1.807) is 18.3 Å². The minimum atomic E-state index is -0.495. The van der Waals surface area contributed by atoms with Crippen LogP contribution in [0.2, 0.25) is 0 Å². The number of benzene rings is 1. The van der Waals surface area contributed by atoms with Crippen LogP contribution >= 0.6 is 0 Å². The molecule has 1 aromatic carbocycles. The number of hydrogen-bond acceptors (Lipinski definition) is 6. The largest absolute Gasteiger partial charge is 0.371 e. The predicted molar refractivity (Wildman–Crippen MR) is 100 cm³/mol. The molecule has 0 saturated heterocycles. The lowest BCUT2D eigenvalue weighted by atomic mass is 10.1. The van der Waals surface area contributed by atoms with Gasteiger partial charge >= 0.3 is 0 Å². The summed E-state index contributed by atoms with van der Waals surface area (Å²) in [6, 6.07) is 9.72. The molecule has 26 heavy (non-hydrogen) atoms. The van der Waals surface area contributed by atoms with Crippen LogP contribution in [0.25, 0.3) is 0 Å². The average Bonchev–Trinajstić information content (AvgIpc) is 2.65. The molecule has 0 aliphatic carbocycles. The number of nitrogens with zero attached hydrogens (tertiary/aromatic N) is 2. The fourth-order valence-electron chi connectivity index (χ4n) is 2.45. The molecule has 8 nitrogen and oxygen atoms in total. The summed E-state index contributed by atoms with van der Waals surface area (Å²) < 4.78 is 0. The molecule has 138 valence electrons. The van der Waals surface area contributed by atoms with E-state index in [1.807, 2.05) is 32.2 Å². The topological polar surface area (TPSA) is 109 Å². The Labute approximate surface area is 152 Å². The number of pyridine rings is 1. The van der Waals surface area contributed by atoms with E-state index in [4.69, 9.17) is 0 Å². The molecule has 0 aliphatic heterocycles. The second-order valence-electron chi connectivity index (χ2n) is 5.82. The Hall–Kier alpha value is -3.00. The highest BCUT2D eigenvalue weighted by atomic mass is 16.6. The number of aromatic nitrogens is 1. The Kier molecular flexibility index (Phi) is 7.04. The zero-order valence-electron chi connectivity index (χ0n) is 14.9. The number of anilines is 1. The van der Waals surface area contributed by atoms with Crippen LogP contribution in [0.3, 0.4) is 0 Å². The minimum Gasteiger partial charge on any atom is -0.371 e. The number of hydrogen-bond donors (Lipinski definition) is 3. The molecule has 1 unspecified atom stereocenters. The van der Waals surface area contributed by atoms with Gasteiger partial charge in [-0.25, -0.2) is 0 Å². The van der Waals surface area contributed by atoms with E-state index in [1.165, 1.54) is 6.07 Å². The van der Waals surface area contributed by atoms with Crippen molar-refractivity contribution in [2.45, 2.75) is 19.4 Å². The predicted octanol–water partition coefficient (Wildman–Crippen LogP) is 2.50. The normalized spacial score (nSPS) is 11.6. The van der Waals surface area contributed by atoms with E-state index < -0.39 is 4.92 Å². The van der Waals surface area contributed by atoms with Crippen LogP contribution in [-0.4, -0.2) is 36.0 Å². The first-order chi connectivity index (χ1) is 12.5. The molecule has 8 heteroatoms. The van der Waals surface area contributed by atoms with E-state index in [2.05, 4.69) is 20.9 Å². The van der Waals surface area contributed by atoms with E-state index in [-0.39, 0.29) is 23.2 Å². The molecule has 0 fully saturated rings. The third kappa shape index (κ3) is 5.25. The maximum Gasteiger partial charge on any atom is 0.293 e. The van der Waals surface area contributed by atoms with Crippen LogP contribution in [0.5, 0.6) is 0 Å². The Morgan fingerprint density at radius 2 is 2.08 bits per heavy atom. The second-order valence-corrected chi connectivity index (χ2v) is 5.82. The fourth-order valence-corrected chi connectivity index (χ4v) is 2.45. The molecule has 3 N–H and O–H groups in total. The smallest absolute Gasteiger partial charge is 0.293 e. The van der Waals surface area contributed by atoms with Gasteiger partial charge in [0.15, 0.2) is 0 Å². The van der Waals surface area contributed by atoms with Crippen molar-refractivity contribution in [2.75, 3.05) is 25.5 Å². The van der Waals surface area contributed by atoms with Gasteiger partial charge in [0, 0.05) is 24.4 Å². The van der Waals surface area contributed by atoms with Crippen molar-refractivity contribution in [3.63, 3.8) is 0 Å². The van der Waals surface area contributed by atoms with Crippen LogP contribution in [0, 0.1) is 10.1 Å². The molecule has 2 rings (SSSR count). The first-order valence-electron chi connectivity index (χ1n) is 8.41. The van der Waals surface area contributed by atoms with E-state index in [0.717, 1.165) is 18.7 Å². The van der Waals surface area contributed by atoms with Gasteiger partial charge in [0.25, 0.3) is 11.6 Å². The fraction of sp³-hybridized carbons (Fsp3) is 0.333. The lowest BCUT2D eigenvalue weighted by molar-refractivity contribution is -0.384. The van der Waals surface area contributed by atoms with E-state index in [9.17, 15) is 14.9 Å². The summed E-state index contributed by atoms with van der Waals surface area (Å²) in [4.78, 5) is 27.3. The van der Waals surface area contributed by atoms with Crippen molar-refractivity contribution in [1.82, 2.24) is 15.6 Å². The highest BCUT2D eigenvalue weighted by Crippen LogP contribution is 2.28.